The Kier molecular flexibility index (Phi) is 5.73. The predicted octanol–water partition coefficient (Wildman–Crippen LogP) is -0.406. The molecule has 0 radical (unpaired) electrons. The van der Waals surface area contributed by atoms with Gasteiger partial charge in [-0.3, -0.25) is 4.79 Å². The molecule has 94 valence electrons. The fourth-order valence-corrected chi connectivity index (χ4v) is 1.95. The van der Waals surface area contributed by atoms with E-state index in [2.05, 4.69) is 5.32 Å². The molecule has 1 heterocycles. The molecule has 16 heavy (non-hydrogen) atoms. The second-order valence-electron chi connectivity index (χ2n) is 4.30. The number of amides is 1. The van der Waals surface area contributed by atoms with E-state index in [9.17, 15) is 9.90 Å². The number of piperidine rings is 1. The lowest BCUT2D eigenvalue weighted by Crippen LogP contribution is -2.46. The van der Waals surface area contributed by atoms with Crippen molar-refractivity contribution in [1.29, 1.82) is 0 Å². The molecule has 5 heteroatoms. The maximum Gasteiger partial charge on any atom is 0.219 e. The van der Waals surface area contributed by atoms with Gasteiger partial charge in [0, 0.05) is 39.7 Å². The molecule has 0 saturated carbocycles. The average molecular weight is 230 g/mol. The molecule has 1 aliphatic heterocycles. The van der Waals surface area contributed by atoms with Crippen molar-refractivity contribution in [3.8, 4) is 0 Å². The van der Waals surface area contributed by atoms with Gasteiger partial charge in [-0.1, -0.05) is 0 Å². The molecule has 0 aliphatic carbocycles. The van der Waals surface area contributed by atoms with E-state index < -0.39 is 6.10 Å². The van der Waals surface area contributed by atoms with Gasteiger partial charge in [0.2, 0.25) is 5.91 Å². The van der Waals surface area contributed by atoms with Gasteiger partial charge in [0.15, 0.2) is 0 Å². The van der Waals surface area contributed by atoms with Crippen molar-refractivity contribution in [1.82, 2.24) is 10.2 Å². The number of ether oxygens (including phenoxy) is 1. The van der Waals surface area contributed by atoms with Gasteiger partial charge in [0.1, 0.15) is 0 Å². The molecule has 0 aromatic rings. The zero-order chi connectivity index (χ0) is 12.0. The number of methoxy groups -OCH3 is 1. The van der Waals surface area contributed by atoms with Crippen molar-refractivity contribution >= 4 is 5.91 Å². The summed E-state index contributed by atoms with van der Waals surface area (Å²) in [5, 5.41) is 12.8. The lowest BCUT2D eigenvalue weighted by Gasteiger charge is -2.32. The number of nitrogens with zero attached hydrogens (tertiary/aromatic N) is 1. The molecule has 1 fully saturated rings. The smallest absolute Gasteiger partial charge is 0.219 e. The minimum absolute atomic E-state index is 0.151. The molecule has 1 unspecified atom stereocenters. The first-order chi connectivity index (χ1) is 7.63. The van der Waals surface area contributed by atoms with Crippen molar-refractivity contribution in [2.75, 3.05) is 33.4 Å². The highest BCUT2D eigenvalue weighted by Gasteiger charge is 2.20. The van der Waals surface area contributed by atoms with Crippen LogP contribution >= 0.6 is 0 Å². The normalized spacial score (nSPS) is 19.8. The summed E-state index contributed by atoms with van der Waals surface area (Å²) in [7, 11) is 1.58. The molecule has 1 amide bonds. The number of carbonyl (C=O) groups excluding carboxylic acids is 1. The number of carbonyl (C=O) groups is 1. The van der Waals surface area contributed by atoms with Crippen molar-refractivity contribution in [3.63, 3.8) is 0 Å². The number of nitrogens with one attached hydrogen (secondary N) is 1. The number of aliphatic hydroxyl groups excluding tert-OH is 1. The lowest BCUT2D eigenvalue weighted by atomic mass is 10.0. The molecule has 1 atom stereocenters. The Labute approximate surface area is 96.8 Å². The second-order valence-corrected chi connectivity index (χ2v) is 4.30. The summed E-state index contributed by atoms with van der Waals surface area (Å²) in [5.41, 5.74) is 0. The first-order valence-corrected chi connectivity index (χ1v) is 5.79. The van der Waals surface area contributed by atoms with E-state index in [-0.39, 0.29) is 5.91 Å². The first kappa shape index (κ1) is 13.4. The van der Waals surface area contributed by atoms with E-state index in [0.29, 0.717) is 19.2 Å². The zero-order valence-electron chi connectivity index (χ0n) is 10.1. The van der Waals surface area contributed by atoms with Crippen LogP contribution in [0, 0.1) is 0 Å². The Morgan fingerprint density at radius 1 is 1.56 bits per heavy atom. The first-order valence-electron chi connectivity index (χ1n) is 5.79. The molecule has 1 saturated heterocycles. The quantitative estimate of drug-likeness (QED) is 0.674. The molecule has 2 N–H and O–H groups in total. The van der Waals surface area contributed by atoms with Crippen LogP contribution in [-0.4, -0.2) is 61.4 Å². The maximum absolute atomic E-state index is 11.1. The second kappa shape index (κ2) is 6.83. The molecular weight excluding hydrogens is 208 g/mol. The fraction of sp³-hybridized carbons (Fsp3) is 0.909. The van der Waals surface area contributed by atoms with Crippen LogP contribution in [0.5, 0.6) is 0 Å². The fourth-order valence-electron chi connectivity index (χ4n) is 1.95. The highest BCUT2D eigenvalue weighted by Crippen LogP contribution is 2.10. The van der Waals surface area contributed by atoms with Crippen LogP contribution < -0.4 is 5.32 Å². The zero-order valence-corrected chi connectivity index (χ0v) is 10.1. The van der Waals surface area contributed by atoms with Crippen LogP contribution in [0.25, 0.3) is 0 Å². The van der Waals surface area contributed by atoms with E-state index in [1.807, 2.05) is 4.90 Å². The number of likely N-dealkylation sites (tertiary alicyclic amines) is 1. The topological polar surface area (TPSA) is 61.8 Å². The summed E-state index contributed by atoms with van der Waals surface area (Å²) >= 11 is 0. The minimum Gasteiger partial charge on any atom is -0.389 e. The van der Waals surface area contributed by atoms with Crippen molar-refractivity contribution < 1.29 is 14.6 Å². The summed E-state index contributed by atoms with van der Waals surface area (Å²) in [6, 6.07) is 0.405. The Bertz CT molecular complexity index is 215. The number of rotatable bonds is 5. The maximum atomic E-state index is 11.1. The predicted molar refractivity (Wildman–Crippen MR) is 61.2 cm³/mol. The number of aliphatic hydroxyl groups is 1. The van der Waals surface area contributed by atoms with Crippen LogP contribution in [0.3, 0.4) is 0 Å². The minimum atomic E-state index is -0.448. The van der Waals surface area contributed by atoms with E-state index in [0.717, 1.165) is 25.9 Å². The summed E-state index contributed by atoms with van der Waals surface area (Å²) in [6.45, 7) is 4.15. The van der Waals surface area contributed by atoms with Crippen molar-refractivity contribution in [2.24, 2.45) is 0 Å². The van der Waals surface area contributed by atoms with E-state index in [4.69, 9.17) is 4.74 Å². The van der Waals surface area contributed by atoms with Crippen LogP contribution in [0.1, 0.15) is 19.8 Å². The molecule has 1 rings (SSSR count). The molecule has 5 nitrogen and oxygen atoms in total. The van der Waals surface area contributed by atoms with Gasteiger partial charge in [0.25, 0.3) is 0 Å². The van der Waals surface area contributed by atoms with Gasteiger partial charge in [-0.05, 0) is 12.8 Å². The van der Waals surface area contributed by atoms with Crippen LogP contribution in [0.4, 0.5) is 0 Å². The van der Waals surface area contributed by atoms with Gasteiger partial charge in [-0.25, -0.2) is 0 Å². The Morgan fingerprint density at radius 2 is 2.19 bits per heavy atom. The highest BCUT2D eigenvalue weighted by atomic mass is 16.5. The Morgan fingerprint density at radius 3 is 2.69 bits per heavy atom. The summed E-state index contributed by atoms with van der Waals surface area (Å²) in [6.07, 6.45) is 1.47. The molecule has 0 spiro atoms. The van der Waals surface area contributed by atoms with E-state index in [1.165, 1.54) is 0 Å². The lowest BCUT2D eigenvalue weighted by molar-refractivity contribution is -0.129. The standard InChI is InChI=1S/C11H22N2O3/c1-9(14)13-5-3-10(4-6-13)12-7-11(15)8-16-2/h10-12,15H,3-8H2,1-2H3. The summed E-state index contributed by atoms with van der Waals surface area (Å²) in [5.74, 6) is 0.151. The third-order valence-corrected chi connectivity index (χ3v) is 2.94. The number of hydrogen-bond donors (Lipinski definition) is 2. The van der Waals surface area contributed by atoms with Gasteiger partial charge in [-0.15, -0.1) is 0 Å². The van der Waals surface area contributed by atoms with Crippen LogP contribution in [0.15, 0.2) is 0 Å². The monoisotopic (exact) mass is 230 g/mol. The van der Waals surface area contributed by atoms with E-state index >= 15 is 0 Å². The Balaban J connectivity index is 2.14. The molecule has 0 aromatic carbocycles. The molecule has 0 bridgehead atoms. The van der Waals surface area contributed by atoms with Gasteiger partial charge in [-0.2, -0.15) is 0 Å². The third kappa shape index (κ3) is 4.47. The molecular formula is C11H22N2O3. The molecule has 1 aliphatic rings. The molecule has 0 aromatic heterocycles. The summed E-state index contributed by atoms with van der Waals surface area (Å²) in [4.78, 5) is 13.0. The Hall–Kier alpha value is -0.650. The van der Waals surface area contributed by atoms with Gasteiger partial charge in [0.05, 0.1) is 12.7 Å². The third-order valence-electron chi connectivity index (χ3n) is 2.94. The van der Waals surface area contributed by atoms with Gasteiger partial charge < -0.3 is 20.1 Å². The average Bonchev–Trinajstić information content (AvgIpc) is 2.27. The SMILES string of the molecule is COCC(O)CNC1CCN(C(C)=O)CC1. The van der Waals surface area contributed by atoms with Crippen molar-refractivity contribution in [3.05, 3.63) is 0 Å². The number of hydrogen-bond acceptors (Lipinski definition) is 4. The van der Waals surface area contributed by atoms with Crippen LogP contribution in [-0.2, 0) is 9.53 Å². The van der Waals surface area contributed by atoms with E-state index in [1.54, 1.807) is 14.0 Å². The summed E-state index contributed by atoms with van der Waals surface area (Å²) < 4.78 is 4.85. The van der Waals surface area contributed by atoms with Crippen LogP contribution in [0.2, 0.25) is 0 Å². The van der Waals surface area contributed by atoms with Crippen molar-refractivity contribution in [2.45, 2.75) is 31.9 Å². The highest BCUT2D eigenvalue weighted by molar-refractivity contribution is 5.73. The largest absolute Gasteiger partial charge is 0.389 e. The van der Waals surface area contributed by atoms with Gasteiger partial charge >= 0.3 is 0 Å².